The van der Waals surface area contributed by atoms with E-state index in [1.165, 1.54) is 5.57 Å². The number of carbonyl (C=O) groups excluding carboxylic acids is 1. The van der Waals surface area contributed by atoms with Crippen LogP contribution in [-0.2, 0) is 9.47 Å². The van der Waals surface area contributed by atoms with Crippen molar-refractivity contribution in [3.63, 3.8) is 0 Å². The van der Waals surface area contributed by atoms with Gasteiger partial charge in [-0.3, -0.25) is 4.90 Å². The van der Waals surface area contributed by atoms with Crippen LogP contribution in [0.15, 0.2) is 11.6 Å². The molecule has 2 aliphatic rings. The quantitative estimate of drug-likeness (QED) is 0.546. The van der Waals surface area contributed by atoms with Crippen molar-refractivity contribution >= 4 is 6.09 Å². The summed E-state index contributed by atoms with van der Waals surface area (Å²) in [5, 5.41) is 0. The van der Waals surface area contributed by atoms with Gasteiger partial charge >= 0.3 is 6.09 Å². The Morgan fingerprint density at radius 2 is 2.25 bits per heavy atom. The monoisotopic (exact) mass is 277 g/mol. The molecule has 1 saturated heterocycles. The van der Waals surface area contributed by atoms with Crippen LogP contribution in [0.4, 0.5) is 4.79 Å². The van der Waals surface area contributed by atoms with Crippen molar-refractivity contribution in [3.05, 3.63) is 11.6 Å². The fourth-order valence-electron chi connectivity index (χ4n) is 2.62. The molecule has 0 spiro atoms. The molecule has 0 aromatic heterocycles. The van der Waals surface area contributed by atoms with Crippen LogP contribution in [0.3, 0.4) is 0 Å². The van der Waals surface area contributed by atoms with Gasteiger partial charge in [-0.2, -0.15) is 0 Å². The summed E-state index contributed by atoms with van der Waals surface area (Å²) in [6, 6.07) is 0.0493. The van der Waals surface area contributed by atoms with Crippen LogP contribution in [-0.4, -0.2) is 41.9 Å². The molecule has 110 valence electrons. The molecule has 0 N–H and O–H groups in total. The first-order chi connectivity index (χ1) is 9.40. The molecular formula is C16H23NO3. The molecule has 2 rings (SSSR count). The number of hydrogen-bond donors (Lipinski definition) is 0. The SMILES string of the molecule is CC#CCC1=CC2COCC(C1)N2C(=O)OC(C)(C)C. The molecule has 2 aliphatic heterocycles. The topological polar surface area (TPSA) is 38.8 Å². The molecule has 0 aromatic rings. The van der Waals surface area contributed by atoms with Crippen molar-refractivity contribution in [1.82, 2.24) is 4.90 Å². The van der Waals surface area contributed by atoms with Crippen LogP contribution >= 0.6 is 0 Å². The van der Waals surface area contributed by atoms with Gasteiger partial charge in [0.05, 0.1) is 25.3 Å². The molecule has 1 amide bonds. The molecule has 2 atom stereocenters. The first-order valence-corrected chi connectivity index (χ1v) is 7.09. The largest absolute Gasteiger partial charge is 0.444 e. The van der Waals surface area contributed by atoms with Gasteiger partial charge in [0.25, 0.3) is 0 Å². The standard InChI is InChI=1S/C16H23NO3/c1-5-6-7-12-8-13-10-19-11-14(9-12)17(13)15(18)20-16(2,3)4/h8,13-14H,7,9-11H2,1-4H3. The summed E-state index contributed by atoms with van der Waals surface area (Å²) < 4.78 is 11.1. The van der Waals surface area contributed by atoms with E-state index in [9.17, 15) is 4.79 Å². The zero-order valence-electron chi connectivity index (χ0n) is 12.7. The van der Waals surface area contributed by atoms with E-state index in [4.69, 9.17) is 9.47 Å². The smallest absolute Gasteiger partial charge is 0.411 e. The van der Waals surface area contributed by atoms with Crippen LogP contribution in [0.2, 0.25) is 0 Å². The molecule has 20 heavy (non-hydrogen) atoms. The van der Waals surface area contributed by atoms with Gasteiger partial charge in [0.15, 0.2) is 0 Å². The van der Waals surface area contributed by atoms with Crippen LogP contribution in [0.25, 0.3) is 0 Å². The van der Waals surface area contributed by atoms with Gasteiger partial charge in [-0.1, -0.05) is 17.6 Å². The van der Waals surface area contributed by atoms with Crippen molar-refractivity contribution in [3.8, 4) is 11.8 Å². The highest BCUT2D eigenvalue weighted by Crippen LogP contribution is 2.29. The second kappa shape index (κ2) is 5.88. The highest BCUT2D eigenvalue weighted by molar-refractivity contribution is 5.70. The van der Waals surface area contributed by atoms with E-state index >= 15 is 0 Å². The average Bonchev–Trinajstić information content (AvgIpc) is 2.32. The first-order valence-electron chi connectivity index (χ1n) is 7.09. The van der Waals surface area contributed by atoms with Gasteiger partial charge in [0, 0.05) is 6.42 Å². The predicted octanol–water partition coefficient (Wildman–Crippen LogP) is 2.73. The maximum absolute atomic E-state index is 12.3. The number of nitrogens with zero attached hydrogens (tertiary/aromatic N) is 1. The number of hydrogen-bond acceptors (Lipinski definition) is 3. The minimum Gasteiger partial charge on any atom is -0.444 e. The molecule has 0 aromatic carbocycles. The summed E-state index contributed by atoms with van der Waals surface area (Å²) >= 11 is 0. The van der Waals surface area contributed by atoms with E-state index in [2.05, 4.69) is 17.9 Å². The molecule has 0 radical (unpaired) electrons. The van der Waals surface area contributed by atoms with Crippen LogP contribution in [0, 0.1) is 11.8 Å². The number of morpholine rings is 1. The van der Waals surface area contributed by atoms with Crippen molar-refractivity contribution < 1.29 is 14.3 Å². The summed E-state index contributed by atoms with van der Waals surface area (Å²) in [6.07, 6.45) is 3.48. The molecule has 2 bridgehead atoms. The Balaban J connectivity index is 2.13. The van der Waals surface area contributed by atoms with Gasteiger partial charge in [-0.25, -0.2) is 4.79 Å². The fourth-order valence-corrected chi connectivity index (χ4v) is 2.62. The normalized spacial score (nSPS) is 25.4. The van der Waals surface area contributed by atoms with Crippen LogP contribution < -0.4 is 0 Å². The maximum Gasteiger partial charge on any atom is 0.411 e. The molecule has 1 fully saturated rings. The summed E-state index contributed by atoms with van der Waals surface area (Å²) in [6.45, 7) is 8.63. The van der Waals surface area contributed by atoms with Crippen molar-refractivity contribution in [2.75, 3.05) is 13.2 Å². The van der Waals surface area contributed by atoms with Crippen molar-refractivity contribution in [2.24, 2.45) is 0 Å². The lowest BCUT2D eigenvalue weighted by Gasteiger charge is -2.44. The van der Waals surface area contributed by atoms with Crippen LogP contribution in [0.5, 0.6) is 0 Å². The Morgan fingerprint density at radius 1 is 1.50 bits per heavy atom. The number of ether oxygens (including phenoxy) is 2. The average molecular weight is 277 g/mol. The third-order valence-corrected chi connectivity index (χ3v) is 3.37. The Bertz CT molecular complexity index is 464. The minimum atomic E-state index is -0.468. The Labute approximate surface area is 121 Å². The van der Waals surface area contributed by atoms with Crippen molar-refractivity contribution in [2.45, 2.75) is 58.2 Å². The fraction of sp³-hybridized carbons (Fsp3) is 0.688. The lowest BCUT2D eigenvalue weighted by molar-refractivity contribution is -0.0536. The molecule has 2 unspecified atom stereocenters. The predicted molar refractivity (Wildman–Crippen MR) is 77.2 cm³/mol. The van der Waals surface area contributed by atoms with E-state index in [1.807, 2.05) is 32.6 Å². The Kier molecular flexibility index (Phi) is 4.39. The second-order valence-electron chi connectivity index (χ2n) is 6.28. The zero-order chi connectivity index (χ0) is 14.8. The van der Waals surface area contributed by atoms with E-state index in [0.29, 0.717) is 13.2 Å². The molecule has 0 aliphatic carbocycles. The van der Waals surface area contributed by atoms with Gasteiger partial charge in [0.1, 0.15) is 5.60 Å². The summed E-state index contributed by atoms with van der Waals surface area (Å²) in [7, 11) is 0. The number of fused-ring (bicyclic) bond motifs is 2. The third-order valence-electron chi connectivity index (χ3n) is 3.37. The number of rotatable bonds is 1. The highest BCUT2D eigenvalue weighted by atomic mass is 16.6. The van der Waals surface area contributed by atoms with Crippen LogP contribution in [0.1, 0.15) is 40.5 Å². The number of amides is 1. The molecule has 2 heterocycles. The van der Waals surface area contributed by atoms with E-state index in [0.717, 1.165) is 12.8 Å². The van der Waals surface area contributed by atoms with Gasteiger partial charge < -0.3 is 9.47 Å². The maximum atomic E-state index is 12.3. The van der Waals surface area contributed by atoms with Gasteiger partial charge in [-0.15, -0.1) is 5.92 Å². The highest BCUT2D eigenvalue weighted by Gasteiger charge is 2.39. The summed E-state index contributed by atoms with van der Waals surface area (Å²) in [4.78, 5) is 14.2. The van der Waals surface area contributed by atoms with E-state index in [1.54, 1.807) is 0 Å². The van der Waals surface area contributed by atoms with E-state index in [-0.39, 0.29) is 18.2 Å². The Hall–Kier alpha value is -1.47. The first kappa shape index (κ1) is 14.9. The Morgan fingerprint density at radius 3 is 2.85 bits per heavy atom. The number of carbonyl (C=O) groups is 1. The minimum absolute atomic E-state index is 0.0222. The molecular weight excluding hydrogens is 254 g/mol. The van der Waals surface area contributed by atoms with E-state index < -0.39 is 5.60 Å². The second-order valence-corrected chi connectivity index (χ2v) is 6.28. The summed E-state index contributed by atoms with van der Waals surface area (Å²) in [5.41, 5.74) is 0.835. The lowest BCUT2D eigenvalue weighted by Crippen LogP contribution is -2.57. The third kappa shape index (κ3) is 3.55. The van der Waals surface area contributed by atoms with Gasteiger partial charge in [-0.05, 0) is 34.1 Å². The molecule has 0 saturated carbocycles. The van der Waals surface area contributed by atoms with Crippen molar-refractivity contribution in [1.29, 1.82) is 0 Å². The zero-order valence-corrected chi connectivity index (χ0v) is 12.7. The lowest BCUT2D eigenvalue weighted by atomic mass is 9.93. The van der Waals surface area contributed by atoms with Gasteiger partial charge in [0.2, 0.25) is 0 Å². The molecule has 4 nitrogen and oxygen atoms in total. The summed E-state index contributed by atoms with van der Waals surface area (Å²) in [5.74, 6) is 6.01. The molecule has 4 heteroatoms.